The van der Waals surface area contributed by atoms with E-state index >= 15 is 17.6 Å². The van der Waals surface area contributed by atoms with Crippen LogP contribution in [0.2, 0.25) is 0 Å². The lowest BCUT2D eigenvalue weighted by Crippen LogP contribution is -2.12. The molecule has 5 aromatic carbocycles. The van der Waals surface area contributed by atoms with Gasteiger partial charge in [-0.05, 0) is 46.9 Å². The molecular weight excluding hydrogens is 500 g/mol. The molecule has 8 heteroatoms. The van der Waals surface area contributed by atoms with Crippen LogP contribution in [0.25, 0.3) is 43.1 Å². The predicted octanol–water partition coefficient (Wildman–Crippen LogP) is 7.92. The van der Waals surface area contributed by atoms with Gasteiger partial charge < -0.3 is 9.47 Å². The van der Waals surface area contributed by atoms with Crippen molar-refractivity contribution in [2.24, 2.45) is 11.8 Å². The fourth-order valence-electron chi connectivity index (χ4n) is 4.87. The van der Waals surface area contributed by atoms with Gasteiger partial charge in [0.25, 0.3) is 0 Å². The maximum Gasteiger partial charge on any atom is 0.338 e. The van der Waals surface area contributed by atoms with Crippen molar-refractivity contribution in [2.45, 2.75) is 27.7 Å². The minimum absolute atomic E-state index is 0.00955. The van der Waals surface area contributed by atoms with Crippen LogP contribution in [0, 0.1) is 35.1 Å². The first kappa shape index (κ1) is 25.7. The lowest BCUT2D eigenvalue weighted by Gasteiger charge is -2.19. The summed E-state index contributed by atoms with van der Waals surface area (Å²) in [5.74, 6) is -5.46. The van der Waals surface area contributed by atoms with Crippen LogP contribution in [0.3, 0.4) is 0 Å². The molecule has 0 aliphatic rings. The summed E-state index contributed by atoms with van der Waals surface area (Å²) in [5.41, 5.74) is -0.373. The minimum Gasteiger partial charge on any atom is -0.462 e. The number of esters is 2. The van der Waals surface area contributed by atoms with Gasteiger partial charge in [-0.1, -0.05) is 39.8 Å². The molecule has 0 unspecified atom stereocenters. The molecule has 0 heterocycles. The number of benzene rings is 5. The second-order valence-corrected chi connectivity index (χ2v) is 10.2. The third kappa shape index (κ3) is 3.99. The Morgan fingerprint density at radius 3 is 1.26 bits per heavy atom. The monoisotopic (exact) mass is 524 g/mol. The van der Waals surface area contributed by atoms with E-state index in [1.807, 2.05) is 27.7 Å². The molecule has 0 aliphatic carbocycles. The molecular formula is C30H24F4O4. The lowest BCUT2D eigenvalue weighted by molar-refractivity contribution is 0.0452. The van der Waals surface area contributed by atoms with Crippen LogP contribution in [0.5, 0.6) is 0 Å². The Morgan fingerprint density at radius 2 is 0.921 bits per heavy atom. The third-order valence-electron chi connectivity index (χ3n) is 6.44. The van der Waals surface area contributed by atoms with E-state index in [1.165, 1.54) is 12.1 Å². The molecule has 0 aromatic heterocycles. The fourth-order valence-corrected chi connectivity index (χ4v) is 4.87. The Balaban J connectivity index is 1.93. The molecule has 0 saturated heterocycles. The summed E-state index contributed by atoms with van der Waals surface area (Å²) in [6, 6.07) is 6.45. The van der Waals surface area contributed by atoms with Crippen LogP contribution in [0.4, 0.5) is 17.6 Å². The maximum absolute atomic E-state index is 15.8. The second kappa shape index (κ2) is 9.42. The summed E-state index contributed by atoms with van der Waals surface area (Å²) in [6.45, 7) is 7.46. The largest absolute Gasteiger partial charge is 0.462 e. The zero-order valence-corrected chi connectivity index (χ0v) is 21.2. The zero-order chi connectivity index (χ0) is 27.5. The molecule has 0 N–H and O–H groups in total. The van der Waals surface area contributed by atoms with Gasteiger partial charge in [-0.15, -0.1) is 0 Å². The highest BCUT2D eigenvalue weighted by atomic mass is 19.1. The zero-order valence-electron chi connectivity index (χ0n) is 21.2. The molecule has 0 fully saturated rings. The molecule has 38 heavy (non-hydrogen) atoms. The first-order valence-corrected chi connectivity index (χ1v) is 12.3. The van der Waals surface area contributed by atoms with Crippen molar-refractivity contribution in [1.82, 2.24) is 0 Å². The molecule has 196 valence electrons. The van der Waals surface area contributed by atoms with Crippen LogP contribution < -0.4 is 0 Å². The van der Waals surface area contributed by atoms with Crippen molar-refractivity contribution in [2.75, 3.05) is 13.2 Å². The summed E-state index contributed by atoms with van der Waals surface area (Å²) in [4.78, 5) is 25.7. The summed E-state index contributed by atoms with van der Waals surface area (Å²) < 4.78 is 73.0. The van der Waals surface area contributed by atoms with Crippen molar-refractivity contribution >= 4 is 55.0 Å². The summed E-state index contributed by atoms with van der Waals surface area (Å²) in [5, 5.41) is -1.39. The normalized spacial score (nSPS) is 12.1. The summed E-state index contributed by atoms with van der Waals surface area (Å²) >= 11 is 0. The van der Waals surface area contributed by atoms with E-state index in [0.717, 1.165) is 24.3 Å². The Morgan fingerprint density at radius 1 is 0.579 bits per heavy atom. The van der Waals surface area contributed by atoms with Gasteiger partial charge in [0.15, 0.2) is 0 Å². The fraction of sp³-hybridized carbons (Fsp3) is 0.267. The Kier molecular flexibility index (Phi) is 6.37. The Hall–Kier alpha value is -3.94. The van der Waals surface area contributed by atoms with Gasteiger partial charge in [0.1, 0.15) is 23.3 Å². The van der Waals surface area contributed by atoms with Gasteiger partial charge in [0.2, 0.25) is 0 Å². The van der Waals surface area contributed by atoms with Crippen LogP contribution in [-0.4, -0.2) is 25.2 Å². The quantitative estimate of drug-likeness (QED) is 0.0980. The molecule has 0 bridgehead atoms. The molecule has 0 aliphatic heterocycles. The van der Waals surface area contributed by atoms with E-state index in [-0.39, 0.29) is 79.3 Å². The first-order valence-electron chi connectivity index (χ1n) is 12.3. The number of halogens is 4. The number of carbonyl (C=O) groups is 2. The average Bonchev–Trinajstić information content (AvgIpc) is 2.86. The minimum atomic E-state index is -1.01. The smallest absolute Gasteiger partial charge is 0.338 e. The van der Waals surface area contributed by atoms with Crippen LogP contribution >= 0.6 is 0 Å². The average molecular weight is 525 g/mol. The van der Waals surface area contributed by atoms with Crippen LogP contribution in [0.1, 0.15) is 48.4 Å². The summed E-state index contributed by atoms with van der Waals surface area (Å²) in [6.07, 6.45) is 0. The van der Waals surface area contributed by atoms with Crippen molar-refractivity contribution in [3.05, 3.63) is 70.8 Å². The summed E-state index contributed by atoms with van der Waals surface area (Å²) in [7, 11) is 0. The van der Waals surface area contributed by atoms with Crippen LogP contribution in [-0.2, 0) is 9.47 Å². The number of fused-ring (bicyclic) bond motifs is 2. The molecule has 4 nitrogen and oxygen atoms in total. The van der Waals surface area contributed by atoms with Crippen molar-refractivity contribution < 1.29 is 36.6 Å². The van der Waals surface area contributed by atoms with E-state index in [0.29, 0.717) is 0 Å². The third-order valence-corrected chi connectivity index (χ3v) is 6.44. The number of carbonyl (C=O) groups excluding carboxylic acids is 2. The van der Waals surface area contributed by atoms with Crippen molar-refractivity contribution in [3.63, 3.8) is 0 Å². The van der Waals surface area contributed by atoms with Gasteiger partial charge in [-0.3, -0.25) is 0 Å². The topological polar surface area (TPSA) is 52.6 Å². The number of hydrogen-bond donors (Lipinski definition) is 0. The van der Waals surface area contributed by atoms with Gasteiger partial charge in [-0.2, -0.15) is 0 Å². The van der Waals surface area contributed by atoms with E-state index in [2.05, 4.69) is 0 Å². The van der Waals surface area contributed by atoms with E-state index < -0.39 is 35.2 Å². The SMILES string of the molecule is CC(C)COC(=O)c1cc(F)c2c3c(F)ccc4c(C(=O)OCC(C)C)cc(F)c(c5c(F)ccc1c52)c43. The Bertz CT molecular complexity index is 1610. The maximum atomic E-state index is 15.8. The highest BCUT2D eigenvalue weighted by molar-refractivity contribution is 6.35. The molecule has 0 amide bonds. The molecule has 0 saturated carbocycles. The molecule has 0 spiro atoms. The van der Waals surface area contributed by atoms with E-state index in [9.17, 15) is 9.59 Å². The standard InChI is InChI=1S/C30H24F4O4/c1-13(2)11-37-29(35)17-9-21(33)27-23-15(17)5-7-19(31)25(23)28-22(34)10-18(30(36)38-12-14(3)4)16-6-8-20(32)26(27)24(16)28/h5-10,13-14H,11-12H2,1-4H3. The number of hydrogen-bond acceptors (Lipinski definition) is 4. The second-order valence-electron chi connectivity index (χ2n) is 10.2. The van der Waals surface area contributed by atoms with Gasteiger partial charge in [0.05, 0.1) is 24.3 Å². The van der Waals surface area contributed by atoms with Gasteiger partial charge >= 0.3 is 11.9 Å². The highest BCUT2D eigenvalue weighted by Crippen LogP contribution is 2.46. The highest BCUT2D eigenvalue weighted by Gasteiger charge is 2.28. The van der Waals surface area contributed by atoms with Crippen molar-refractivity contribution in [3.8, 4) is 0 Å². The van der Waals surface area contributed by atoms with Crippen LogP contribution in [0.15, 0.2) is 36.4 Å². The first-order chi connectivity index (χ1) is 18.0. The predicted molar refractivity (Wildman–Crippen MR) is 138 cm³/mol. The van der Waals surface area contributed by atoms with E-state index in [4.69, 9.17) is 9.47 Å². The van der Waals surface area contributed by atoms with Gasteiger partial charge in [-0.25, -0.2) is 27.2 Å². The molecule has 0 radical (unpaired) electrons. The van der Waals surface area contributed by atoms with E-state index in [1.54, 1.807) is 0 Å². The number of ether oxygens (including phenoxy) is 2. The van der Waals surface area contributed by atoms with Crippen molar-refractivity contribution in [1.29, 1.82) is 0 Å². The van der Waals surface area contributed by atoms with Gasteiger partial charge in [0, 0.05) is 32.3 Å². The molecule has 5 aromatic rings. The molecule has 5 rings (SSSR count). The lowest BCUT2D eigenvalue weighted by atomic mass is 9.86. The Labute approximate surface area is 215 Å². The number of rotatable bonds is 6. The molecule has 0 atom stereocenters.